The van der Waals surface area contributed by atoms with Crippen LogP contribution in [0.1, 0.15) is 26.7 Å². The van der Waals surface area contributed by atoms with Gasteiger partial charge < -0.3 is 19.7 Å². The quantitative estimate of drug-likeness (QED) is 0.910. The van der Waals surface area contributed by atoms with Crippen molar-refractivity contribution in [2.24, 2.45) is 0 Å². The van der Waals surface area contributed by atoms with E-state index in [1.165, 1.54) is 0 Å². The number of carbonyl (C=O) groups is 1. The first-order valence-electron chi connectivity index (χ1n) is 9.14. The number of anilines is 1. The van der Waals surface area contributed by atoms with Gasteiger partial charge in [-0.1, -0.05) is 0 Å². The Kier molecular flexibility index (Phi) is 5.81. The van der Waals surface area contributed by atoms with Crippen LogP contribution in [0.25, 0.3) is 0 Å². The molecule has 25 heavy (non-hydrogen) atoms. The number of urea groups is 1. The van der Waals surface area contributed by atoms with Crippen molar-refractivity contribution in [2.45, 2.75) is 44.9 Å². The predicted molar refractivity (Wildman–Crippen MR) is 98.2 cm³/mol. The first-order chi connectivity index (χ1) is 12.0. The maximum Gasteiger partial charge on any atom is 0.322 e. The summed E-state index contributed by atoms with van der Waals surface area (Å²) in [7, 11) is 1.63. The molecule has 2 aliphatic heterocycles. The normalized spacial score (nSPS) is 27.3. The van der Waals surface area contributed by atoms with Gasteiger partial charge in [-0.15, -0.1) is 0 Å². The van der Waals surface area contributed by atoms with Gasteiger partial charge in [-0.05, 0) is 51.0 Å². The van der Waals surface area contributed by atoms with Crippen molar-refractivity contribution in [1.82, 2.24) is 9.80 Å². The number of benzene rings is 1. The maximum atomic E-state index is 12.7. The van der Waals surface area contributed by atoms with Gasteiger partial charge in [-0.2, -0.15) is 0 Å². The SMILES string of the molecule is COc1ccc(NC(=O)N2CCC[C@@H]2CN2C[C@@H](C)O[C@@H](C)C2)cc1. The van der Waals surface area contributed by atoms with Crippen LogP contribution < -0.4 is 10.1 Å². The summed E-state index contributed by atoms with van der Waals surface area (Å²) in [5.41, 5.74) is 0.796. The van der Waals surface area contributed by atoms with Crippen LogP contribution in [0.2, 0.25) is 0 Å². The summed E-state index contributed by atoms with van der Waals surface area (Å²) in [5.74, 6) is 0.785. The minimum absolute atomic E-state index is 0.0120. The molecular weight excluding hydrogens is 318 g/mol. The average Bonchev–Trinajstić information content (AvgIpc) is 3.03. The van der Waals surface area contributed by atoms with Crippen LogP contribution in [0.5, 0.6) is 5.75 Å². The molecule has 6 nitrogen and oxygen atoms in total. The molecule has 0 unspecified atom stereocenters. The Morgan fingerprint density at radius 3 is 2.56 bits per heavy atom. The zero-order valence-electron chi connectivity index (χ0n) is 15.4. The van der Waals surface area contributed by atoms with Crippen molar-refractivity contribution in [1.29, 1.82) is 0 Å². The number of likely N-dealkylation sites (tertiary alicyclic amines) is 1. The summed E-state index contributed by atoms with van der Waals surface area (Å²) in [5, 5.41) is 3.01. The molecule has 2 fully saturated rings. The molecule has 2 aliphatic rings. The molecule has 2 saturated heterocycles. The summed E-state index contributed by atoms with van der Waals surface area (Å²) in [4.78, 5) is 17.1. The van der Waals surface area contributed by atoms with Gasteiger partial charge in [0.05, 0.1) is 19.3 Å². The van der Waals surface area contributed by atoms with Gasteiger partial charge in [0.2, 0.25) is 0 Å². The number of ether oxygens (including phenoxy) is 2. The first-order valence-corrected chi connectivity index (χ1v) is 9.14. The van der Waals surface area contributed by atoms with Gasteiger partial charge in [0.25, 0.3) is 0 Å². The van der Waals surface area contributed by atoms with Gasteiger partial charge in [0.1, 0.15) is 5.75 Å². The molecular formula is C19H29N3O3. The molecule has 3 rings (SSSR count). The van der Waals surface area contributed by atoms with Crippen LogP contribution in [0.3, 0.4) is 0 Å². The minimum Gasteiger partial charge on any atom is -0.497 e. The Morgan fingerprint density at radius 1 is 1.24 bits per heavy atom. The highest BCUT2D eigenvalue weighted by molar-refractivity contribution is 5.89. The van der Waals surface area contributed by atoms with E-state index in [1.54, 1.807) is 7.11 Å². The van der Waals surface area contributed by atoms with Crippen LogP contribution in [0.4, 0.5) is 10.5 Å². The first kappa shape index (κ1) is 18.0. The van der Waals surface area contributed by atoms with Gasteiger partial charge in [0.15, 0.2) is 0 Å². The lowest BCUT2D eigenvalue weighted by Crippen LogP contribution is -2.51. The van der Waals surface area contributed by atoms with Crippen LogP contribution >= 0.6 is 0 Å². The molecule has 0 bridgehead atoms. The third-order valence-electron chi connectivity index (χ3n) is 4.94. The second-order valence-electron chi connectivity index (χ2n) is 7.12. The molecule has 6 heteroatoms. The second kappa shape index (κ2) is 8.06. The molecule has 0 aromatic heterocycles. The van der Waals surface area contributed by atoms with Crippen LogP contribution in [-0.2, 0) is 4.74 Å². The number of methoxy groups -OCH3 is 1. The fraction of sp³-hybridized carbons (Fsp3) is 0.632. The number of amides is 2. The van der Waals surface area contributed by atoms with E-state index in [2.05, 4.69) is 24.1 Å². The monoisotopic (exact) mass is 347 g/mol. The van der Waals surface area contributed by atoms with Gasteiger partial charge in [0, 0.05) is 37.9 Å². The lowest BCUT2D eigenvalue weighted by Gasteiger charge is -2.38. The number of nitrogens with one attached hydrogen (secondary N) is 1. The molecule has 1 aromatic rings. The predicted octanol–water partition coefficient (Wildman–Crippen LogP) is 2.80. The topological polar surface area (TPSA) is 54.0 Å². The number of rotatable bonds is 4. The molecule has 138 valence electrons. The van der Waals surface area contributed by atoms with Crippen molar-refractivity contribution in [3.05, 3.63) is 24.3 Å². The van der Waals surface area contributed by atoms with Gasteiger partial charge in [-0.3, -0.25) is 4.90 Å². The van der Waals surface area contributed by atoms with Crippen molar-refractivity contribution < 1.29 is 14.3 Å². The average molecular weight is 347 g/mol. The molecule has 2 amide bonds. The zero-order chi connectivity index (χ0) is 17.8. The molecule has 0 saturated carbocycles. The molecule has 0 aliphatic carbocycles. The highest BCUT2D eigenvalue weighted by Gasteiger charge is 2.32. The van der Waals surface area contributed by atoms with Crippen molar-refractivity contribution in [3.63, 3.8) is 0 Å². The van der Waals surface area contributed by atoms with E-state index in [1.807, 2.05) is 29.2 Å². The van der Waals surface area contributed by atoms with Crippen LogP contribution in [-0.4, -0.2) is 67.4 Å². The van der Waals surface area contributed by atoms with Gasteiger partial charge >= 0.3 is 6.03 Å². The van der Waals surface area contributed by atoms with Crippen molar-refractivity contribution in [2.75, 3.05) is 38.6 Å². The summed E-state index contributed by atoms with van der Waals surface area (Å²) in [6.07, 6.45) is 2.64. The van der Waals surface area contributed by atoms with Crippen molar-refractivity contribution >= 4 is 11.7 Å². The van der Waals surface area contributed by atoms with Crippen molar-refractivity contribution in [3.8, 4) is 5.75 Å². The molecule has 1 N–H and O–H groups in total. The summed E-state index contributed by atoms with van der Waals surface area (Å²) in [6, 6.07) is 7.71. The Labute approximate surface area is 150 Å². The maximum absolute atomic E-state index is 12.7. The summed E-state index contributed by atoms with van der Waals surface area (Å²) < 4.78 is 11.0. The fourth-order valence-corrected chi connectivity index (χ4v) is 3.89. The molecule has 0 spiro atoms. The number of morpholine rings is 1. The van der Waals surface area contributed by atoms with E-state index < -0.39 is 0 Å². The Bertz CT molecular complexity index is 568. The standard InChI is InChI=1S/C19H29N3O3/c1-14-11-21(12-15(2)25-14)13-17-5-4-10-22(17)19(23)20-16-6-8-18(24-3)9-7-16/h6-9,14-15,17H,4-5,10-13H2,1-3H3,(H,20,23)/t14-,15+,17-/m1/s1. The highest BCUT2D eigenvalue weighted by atomic mass is 16.5. The minimum atomic E-state index is -0.0120. The summed E-state index contributed by atoms with van der Waals surface area (Å²) in [6.45, 7) is 7.86. The van der Waals surface area contributed by atoms with E-state index in [0.717, 1.165) is 50.5 Å². The van der Waals surface area contributed by atoms with Gasteiger partial charge in [-0.25, -0.2) is 4.79 Å². The van der Waals surface area contributed by atoms with Crippen LogP contribution in [0.15, 0.2) is 24.3 Å². The molecule has 0 radical (unpaired) electrons. The smallest absolute Gasteiger partial charge is 0.322 e. The second-order valence-corrected chi connectivity index (χ2v) is 7.12. The Morgan fingerprint density at radius 2 is 1.92 bits per heavy atom. The number of hydrogen-bond donors (Lipinski definition) is 1. The third-order valence-corrected chi connectivity index (χ3v) is 4.94. The lowest BCUT2D eigenvalue weighted by molar-refractivity contribution is -0.0712. The number of nitrogens with zero attached hydrogens (tertiary/aromatic N) is 2. The van der Waals surface area contributed by atoms with E-state index in [-0.39, 0.29) is 24.3 Å². The largest absolute Gasteiger partial charge is 0.497 e. The van der Waals surface area contributed by atoms with Crippen LogP contribution in [0, 0.1) is 0 Å². The zero-order valence-corrected chi connectivity index (χ0v) is 15.4. The fourth-order valence-electron chi connectivity index (χ4n) is 3.89. The third kappa shape index (κ3) is 4.64. The van der Waals surface area contributed by atoms with E-state index >= 15 is 0 Å². The lowest BCUT2D eigenvalue weighted by atomic mass is 10.1. The number of hydrogen-bond acceptors (Lipinski definition) is 4. The molecule has 2 heterocycles. The highest BCUT2D eigenvalue weighted by Crippen LogP contribution is 2.22. The summed E-state index contributed by atoms with van der Waals surface area (Å²) >= 11 is 0. The van der Waals surface area contributed by atoms with E-state index in [0.29, 0.717) is 0 Å². The number of carbonyl (C=O) groups excluding carboxylic acids is 1. The Balaban J connectivity index is 1.57. The molecule has 3 atom stereocenters. The Hall–Kier alpha value is -1.79. The molecule has 1 aromatic carbocycles. The van der Waals surface area contributed by atoms with E-state index in [9.17, 15) is 4.79 Å². The van der Waals surface area contributed by atoms with E-state index in [4.69, 9.17) is 9.47 Å².